The predicted octanol–water partition coefficient (Wildman–Crippen LogP) is 14.5. The number of fused-ring (bicyclic) bond motifs is 6. The fraction of sp³-hybridized carbons (Fsp3) is 0. The van der Waals surface area contributed by atoms with Crippen LogP contribution in [-0.2, 0) is 0 Å². The molecule has 9 aromatic carbocycles. The van der Waals surface area contributed by atoms with Gasteiger partial charge < -0.3 is 9.13 Å². The van der Waals surface area contributed by atoms with E-state index in [1.165, 1.54) is 88.1 Å². The average Bonchev–Trinajstić information content (AvgIpc) is 3.79. The first-order valence-corrected chi connectivity index (χ1v) is 19.3. The Bertz CT molecular complexity index is 3190. The molecule has 0 fully saturated rings. The maximum absolute atomic E-state index is 2.44. The molecule has 0 aliphatic rings. The van der Waals surface area contributed by atoms with E-state index in [9.17, 15) is 0 Å². The standard InChI is InChI=1S/C54H36N2/c1-5-15-37(16-6-1)39-25-29-45(30-26-39)55-50-24-14-13-23-46(50)48-33-41(27-31-51(48)55)42-28-32-52-49(34-42)54-47(40-19-9-3-10-20-40)35-43(38-17-7-2-8-18-38)36-53(54)56(52)44-21-11-4-12-22-44/h1-36H. The highest BCUT2D eigenvalue weighted by atomic mass is 15.0. The third-order valence-corrected chi connectivity index (χ3v) is 11.3. The van der Waals surface area contributed by atoms with Crippen molar-refractivity contribution in [3.63, 3.8) is 0 Å². The van der Waals surface area contributed by atoms with Crippen LogP contribution in [0.25, 0.3) is 99.5 Å². The highest BCUT2D eigenvalue weighted by molar-refractivity contribution is 6.18. The normalized spacial score (nSPS) is 11.6. The van der Waals surface area contributed by atoms with Gasteiger partial charge in [-0.2, -0.15) is 0 Å². The molecule has 0 bridgehead atoms. The second-order valence-corrected chi connectivity index (χ2v) is 14.6. The van der Waals surface area contributed by atoms with E-state index in [0.717, 1.165) is 11.4 Å². The van der Waals surface area contributed by atoms with Crippen molar-refractivity contribution in [3.8, 4) is 55.9 Å². The fourth-order valence-electron chi connectivity index (χ4n) is 8.69. The van der Waals surface area contributed by atoms with Crippen molar-refractivity contribution < 1.29 is 0 Å². The Kier molecular flexibility index (Phi) is 7.53. The van der Waals surface area contributed by atoms with Crippen LogP contribution in [0.2, 0.25) is 0 Å². The summed E-state index contributed by atoms with van der Waals surface area (Å²) in [6, 6.07) is 79.4. The number of nitrogens with zero attached hydrogens (tertiary/aromatic N) is 2. The first-order chi connectivity index (χ1) is 27.8. The van der Waals surface area contributed by atoms with E-state index >= 15 is 0 Å². The molecule has 0 radical (unpaired) electrons. The van der Waals surface area contributed by atoms with Crippen LogP contribution in [-0.4, -0.2) is 9.13 Å². The first-order valence-electron chi connectivity index (χ1n) is 19.3. The van der Waals surface area contributed by atoms with Crippen LogP contribution in [0.5, 0.6) is 0 Å². The lowest BCUT2D eigenvalue weighted by atomic mass is 9.93. The number of rotatable bonds is 6. The third-order valence-electron chi connectivity index (χ3n) is 11.3. The van der Waals surface area contributed by atoms with Crippen LogP contribution in [0.3, 0.4) is 0 Å². The molecule has 0 saturated carbocycles. The minimum absolute atomic E-state index is 1.15. The summed E-state index contributed by atoms with van der Waals surface area (Å²) in [5, 5.41) is 4.99. The molecule has 0 aliphatic carbocycles. The molecule has 0 amide bonds. The quantitative estimate of drug-likeness (QED) is 0.162. The molecular formula is C54H36N2. The molecule has 0 spiro atoms. The van der Waals surface area contributed by atoms with Gasteiger partial charge in [0.2, 0.25) is 0 Å². The van der Waals surface area contributed by atoms with Gasteiger partial charge >= 0.3 is 0 Å². The van der Waals surface area contributed by atoms with E-state index < -0.39 is 0 Å². The molecule has 0 atom stereocenters. The summed E-state index contributed by atoms with van der Waals surface area (Å²) in [7, 11) is 0. The van der Waals surface area contributed by atoms with E-state index in [2.05, 4.69) is 228 Å². The Balaban J connectivity index is 1.12. The van der Waals surface area contributed by atoms with Gasteiger partial charge in [0.25, 0.3) is 0 Å². The van der Waals surface area contributed by atoms with E-state index in [1.54, 1.807) is 0 Å². The molecule has 2 aromatic heterocycles. The summed E-state index contributed by atoms with van der Waals surface area (Å²) in [5.41, 5.74) is 16.8. The highest BCUT2D eigenvalue weighted by Crippen LogP contribution is 2.43. The van der Waals surface area contributed by atoms with Crippen LogP contribution in [0.1, 0.15) is 0 Å². The Morgan fingerprint density at radius 3 is 1.34 bits per heavy atom. The molecule has 2 heterocycles. The second kappa shape index (κ2) is 13.2. The summed E-state index contributed by atoms with van der Waals surface area (Å²) in [5.74, 6) is 0. The van der Waals surface area contributed by atoms with Crippen molar-refractivity contribution in [2.75, 3.05) is 0 Å². The van der Waals surface area contributed by atoms with Crippen LogP contribution in [0.15, 0.2) is 218 Å². The lowest BCUT2D eigenvalue weighted by molar-refractivity contribution is 1.18. The zero-order valence-corrected chi connectivity index (χ0v) is 30.7. The van der Waals surface area contributed by atoms with Gasteiger partial charge in [-0.3, -0.25) is 0 Å². The molecule has 262 valence electrons. The van der Waals surface area contributed by atoms with Gasteiger partial charge in [0.05, 0.1) is 22.1 Å². The third kappa shape index (κ3) is 5.26. The molecule has 0 saturated heterocycles. The monoisotopic (exact) mass is 712 g/mol. The molecule has 11 aromatic rings. The molecule has 11 rings (SSSR count). The van der Waals surface area contributed by atoms with E-state index in [-0.39, 0.29) is 0 Å². The minimum atomic E-state index is 1.15. The minimum Gasteiger partial charge on any atom is -0.309 e. The lowest BCUT2D eigenvalue weighted by Crippen LogP contribution is -1.94. The van der Waals surface area contributed by atoms with Crippen molar-refractivity contribution in [2.45, 2.75) is 0 Å². The topological polar surface area (TPSA) is 9.86 Å². The smallest absolute Gasteiger partial charge is 0.0553 e. The largest absolute Gasteiger partial charge is 0.309 e. The predicted molar refractivity (Wildman–Crippen MR) is 237 cm³/mol. The summed E-state index contributed by atoms with van der Waals surface area (Å²) < 4.78 is 4.84. The van der Waals surface area contributed by atoms with Crippen molar-refractivity contribution >= 4 is 43.6 Å². The summed E-state index contributed by atoms with van der Waals surface area (Å²) in [6.07, 6.45) is 0. The Morgan fingerprint density at radius 2 is 0.679 bits per heavy atom. The number of benzene rings is 9. The van der Waals surface area contributed by atoms with Crippen molar-refractivity contribution in [3.05, 3.63) is 218 Å². The summed E-state index contributed by atoms with van der Waals surface area (Å²) in [4.78, 5) is 0. The number of hydrogen-bond acceptors (Lipinski definition) is 0. The molecule has 56 heavy (non-hydrogen) atoms. The number of aromatic nitrogens is 2. The van der Waals surface area contributed by atoms with Gasteiger partial charge in [0.1, 0.15) is 0 Å². The SMILES string of the molecule is c1ccc(-c2ccc(-n3c4ccccc4c4cc(-c5ccc6c(c5)c5c(-c7ccccc7)cc(-c7ccccc7)cc5n6-c5ccccc5)ccc43)cc2)cc1. The summed E-state index contributed by atoms with van der Waals surface area (Å²) in [6.45, 7) is 0. The van der Waals surface area contributed by atoms with Gasteiger partial charge in [-0.15, -0.1) is 0 Å². The zero-order chi connectivity index (χ0) is 37.0. The number of hydrogen-bond donors (Lipinski definition) is 0. The van der Waals surface area contributed by atoms with Gasteiger partial charge in [0, 0.05) is 32.9 Å². The molecule has 0 unspecified atom stereocenters. The number of para-hydroxylation sites is 2. The van der Waals surface area contributed by atoms with E-state index in [4.69, 9.17) is 0 Å². The molecular weight excluding hydrogens is 677 g/mol. The van der Waals surface area contributed by atoms with Crippen molar-refractivity contribution in [1.29, 1.82) is 0 Å². The van der Waals surface area contributed by atoms with Crippen LogP contribution in [0.4, 0.5) is 0 Å². The van der Waals surface area contributed by atoms with E-state index in [1.807, 2.05) is 0 Å². The first kappa shape index (κ1) is 32.0. The van der Waals surface area contributed by atoms with Crippen molar-refractivity contribution in [1.82, 2.24) is 9.13 Å². The van der Waals surface area contributed by atoms with Crippen LogP contribution >= 0.6 is 0 Å². The maximum atomic E-state index is 2.44. The zero-order valence-electron chi connectivity index (χ0n) is 30.7. The van der Waals surface area contributed by atoms with Gasteiger partial charge in [-0.05, 0) is 111 Å². The molecule has 0 N–H and O–H groups in total. The highest BCUT2D eigenvalue weighted by Gasteiger charge is 2.20. The van der Waals surface area contributed by atoms with Gasteiger partial charge in [-0.25, -0.2) is 0 Å². The summed E-state index contributed by atoms with van der Waals surface area (Å²) >= 11 is 0. The van der Waals surface area contributed by atoms with Gasteiger partial charge in [0.15, 0.2) is 0 Å². The second-order valence-electron chi connectivity index (χ2n) is 14.6. The Labute approximate surface area is 325 Å². The fourth-order valence-corrected chi connectivity index (χ4v) is 8.69. The average molecular weight is 713 g/mol. The Morgan fingerprint density at radius 1 is 0.232 bits per heavy atom. The van der Waals surface area contributed by atoms with Crippen LogP contribution in [0, 0.1) is 0 Å². The molecule has 2 nitrogen and oxygen atoms in total. The van der Waals surface area contributed by atoms with E-state index in [0.29, 0.717) is 0 Å². The van der Waals surface area contributed by atoms with Crippen LogP contribution < -0.4 is 0 Å². The van der Waals surface area contributed by atoms with Crippen molar-refractivity contribution in [2.24, 2.45) is 0 Å². The maximum Gasteiger partial charge on any atom is 0.0553 e. The molecule has 0 aliphatic heterocycles. The molecule has 2 heteroatoms. The lowest BCUT2D eigenvalue weighted by Gasteiger charge is -2.12. The Hall–Kier alpha value is -7.42. The van der Waals surface area contributed by atoms with Gasteiger partial charge in [-0.1, -0.05) is 152 Å².